The largest absolute Gasteiger partial charge is 0.298 e. The molecule has 1 aliphatic rings. The van der Waals surface area contributed by atoms with Crippen LogP contribution in [-0.2, 0) is 6.54 Å². The number of aromatic nitrogens is 2. The molecular formula is C16H17ClN2O. The summed E-state index contributed by atoms with van der Waals surface area (Å²) in [7, 11) is 0. The summed E-state index contributed by atoms with van der Waals surface area (Å²) < 4.78 is 1.83. The number of benzene rings is 1. The van der Waals surface area contributed by atoms with Crippen LogP contribution >= 0.6 is 11.6 Å². The van der Waals surface area contributed by atoms with Crippen molar-refractivity contribution in [3.8, 4) is 0 Å². The van der Waals surface area contributed by atoms with Crippen LogP contribution in [0.15, 0.2) is 30.5 Å². The zero-order valence-electron chi connectivity index (χ0n) is 11.3. The van der Waals surface area contributed by atoms with Gasteiger partial charge >= 0.3 is 0 Å². The van der Waals surface area contributed by atoms with Crippen LogP contribution in [0.1, 0.15) is 53.2 Å². The predicted octanol–water partition coefficient (Wildman–Crippen LogP) is 4.05. The van der Waals surface area contributed by atoms with E-state index in [2.05, 4.69) is 5.10 Å². The minimum atomic E-state index is 0.447. The molecule has 1 aromatic carbocycles. The maximum atomic E-state index is 11.2. The van der Waals surface area contributed by atoms with Crippen molar-refractivity contribution in [1.82, 2.24) is 9.78 Å². The van der Waals surface area contributed by atoms with Gasteiger partial charge in [0.2, 0.25) is 0 Å². The van der Waals surface area contributed by atoms with Gasteiger partial charge in [-0.2, -0.15) is 5.10 Å². The van der Waals surface area contributed by atoms with E-state index in [1.54, 1.807) is 0 Å². The van der Waals surface area contributed by atoms with Crippen LogP contribution in [0.25, 0.3) is 0 Å². The second kappa shape index (κ2) is 5.80. The SMILES string of the molecule is O=Cc1cn(Cc2ccccc2Cl)nc1C1CCCC1. The number of nitrogens with zero attached hydrogens (tertiary/aromatic N) is 2. The maximum absolute atomic E-state index is 11.2. The highest BCUT2D eigenvalue weighted by atomic mass is 35.5. The first-order chi connectivity index (χ1) is 9.78. The molecule has 0 amide bonds. The predicted molar refractivity (Wildman–Crippen MR) is 79.4 cm³/mol. The van der Waals surface area contributed by atoms with Gasteiger partial charge in [-0.1, -0.05) is 42.6 Å². The van der Waals surface area contributed by atoms with Crippen LogP contribution in [0.4, 0.5) is 0 Å². The molecular weight excluding hydrogens is 272 g/mol. The fourth-order valence-corrected chi connectivity index (χ4v) is 3.14. The van der Waals surface area contributed by atoms with Crippen LogP contribution in [0.2, 0.25) is 5.02 Å². The molecule has 2 aromatic rings. The molecule has 1 aromatic heterocycles. The van der Waals surface area contributed by atoms with E-state index in [1.807, 2.05) is 35.1 Å². The van der Waals surface area contributed by atoms with E-state index >= 15 is 0 Å². The van der Waals surface area contributed by atoms with E-state index in [4.69, 9.17) is 11.6 Å². The van der Waals surface area contributed by atoms with E-state index in [0.29, 0.717) is 12.5 Å². The molecule has 104 valence electrons. The Hall–Kier alpha value is -1.61. The van der Waals surface area contributed by atoms with Crippen molar-refractivity contribution in [1.29, 1.82) is 0 Å². The molecule has 20 heavy (non-hydrogen) atoms. The molecule has 0 radical (unpaired) electrons. The minimum Gasteiger partial charge on any atom is -0.298 e. The Kier molecular flexibility index (Phi) is 3.88. The molecule has 1 heterocycles. The fourth-order valence-electron chi connectivity index (χ4n) is 2.94. The van der Waals surface area contributed by atoms with Crippen molar-refractivity contribution >= 4 is 17.9 Å². The van der Waals surface area contributed by atoms with Crippen molar-refractivity contribution < 1.29 is 4.79 Å². The number of rotatable bonds is 4. The number of hydrogen-bond acceptors (Lipinski definition) is 2. The van der Waals surface area contributed by atoms with Gasteiger partial charge in [0.25, 0.3) is 0 Å². The Morgan fingerprint density at radius 1 is 1.30 bits per heavy atom. The van der Waals surface area contributed by atoms with Gasteiger partial charge in [0, 0.05) is 17.1 Å². The first-order valence-corrected chi connectivity index (χ1v) is 7.41. The number of aldehydes is 1. The van der Waals surface area contributed by atoms with E-state index < -0.39 is 0 Å². The third-order valence-electron chi connectivity index (χ3n) is 3.98. The molecule has 0 atom stereocenters. The maximum Gasteiger partial charge on any atom is 0.153 e. The molecule has 4 heteroatoms. The van der Waals surface area contributed by atoms with Gasteiger partial charge in [-0.15, -0.1) is 0 Å². The average Bonchev–Trinajstić information content (AvgIpc) is 3.09. The van der Waals surface area contributed by atoms with Crippen LogP contribution in [0.3, 0.4) is 0 Å². The fraction of sp³-hybridized carbons (Fsp3) is 0.375. The summed E-state index contributed by atoms with van der Waals surface area (Å²) in [6.07, 6.45) is 7.52. The topological polar surface area (TPSA) is 34.9 Å². The molecule has 0 unspecified atom stereocenters. The normalized spacial score (nSPS) is 15.7. The summed E-state index contributed by atoms with van der Waals surface area (Å²) in [4.78, 5) is 11.2. The Bertz CT molecular complexity index is 615. The molecule has 3 nitrogen and oxygen atoms in total. The molecule has 0 bridgehead atoms. The zero-order valence-corrected chi connectivity index (χ0v) is 12.0. The third kappa shape index (κ3) is 2.63. The van der Waals surface area contributed by atoms with Gasteiger partial charge in [-0.3, -0.25) is 9.48 Å². The van der Waals surface area contributed by atoms with E-state index in [0.717, 1.165) is 41.0 Å². The Balaban J connectivity index is 1.87. The summed E-state index contributed by atoms with van der Waals surface area (Å²) in [5.74, 6) is 0.447. The Morgan fingerprint density at radius 3 is 2.75 bits per heavy atom. The van der Waals surface area contributed by atoms with Gasteiger partial charge in [-0.05, 0) is 24.5 Å². The molecule has 3 rings (SSSR count). The molecule has 0 N–H and O–H groups in total. The van der Waals surface area contributed by atoms with Crippen LogP contribution in [-0.4, -0.2) is 16.1 Å². The van der Waals surface area contributed by atoms with Crippen molar-refractivity contribution in [3.63, 3.8) is 0 Å². The summed E-state index contributed by atoms with van der Waals surface area (Å²) in [5, 5.41) is 5.36. The molecule has 0 spiro atoms. The van der Waals surface area contributed by atoms with Crippen molar-refractivity contribution in [2.45, 2.75) is 38.1 Å². The lowest BCUT2D eigenvalue weighted by Crippen LogP contribution is -2.03. The highest BCUT2D eigenvalue weighted by Gasteiger charge is 2.23. The van der Waals surface area contributed by atoms with Crippen molar-refractivity contribution in [2.24, 2.45) is 0 Å². The quantitative estimate of drug-likeness (QED) is 0.795. The minimum absolute atomic E-state index is 0.447. The third-order valence-corrected chi connectivity index (χ3v) is 4.35. The van der Waals surface area contributed by atoms with E-state index in [-0.39, 0.29) is 0 Å². The molecule has 0 aliphatic heterocycles. The zero-order chi connectivity index (χ0) is 13.9. The van der Waals surface area contributed by atoms with Crippen molar-refractivity contribution in [3.05, 3.63) is 52.3 Å². The van der Waals surface area contributed by atoms with Crippen LogP contribution < -0.4 is 0 Å². The lowest BCUT2D eigenvalue weighted by atomic mass is 10.0. The monoisotopic (exact) mass is 288 g/mol. The highest BCUT2D eigenvalue weighted by Crippen LogP contribution is 2.34. The van der Waals surface area contributed by atoms with Crippen molar-refractivity contribution in [2.75, 3.05) is 0 Å². The molecule has 1 aliphatic carbocycles. The summed E-state index contributed by atoms with van der Waals surface area (Å²) in [6.45, 7) is 0.604. The first kappa shape index (κ1) is 13.4. The molecule has 1 fully saturated rings. The highest BCUT2D eigenvalue weighted by molar-refractivity contribution is 6.31. The first-order valence-electron chi connectivity index (χ1n) is 7.04. The van der Waals surface area contributed by atoms with Gasteiger partial charge in [0.05, 0.1) is 17.8 Å². The lowest BCUT2D eigenvalue weighted by Gasteiger charge is -2.06. The lowest BCUT2D eigenvalue weighted by molar-refractivity contribution is 0.112. The van der Waals surface area contributed by atoms with Crippen LogP contribution in [0, 0.1) is 0 Å². The Labute approximate surface area is 123 Å². The molecule has 1 saturated carbocycles. The number of halogens is 1. The number of hydrogen-bond donors (Lipinski definition) is 0. The van der Waals surface area contributed by atoms with Gasteiger partial charge in [-0.25, -0.2) is 0 Å². The number of carbonyl (C=O) groups excluding carboxylic acids is 1. The second-order valence-corrected chi connectivity index (χ2v) is 5.77. The van der Waals surface area contributed by atoms with Gasteiger partial charge in [0.15, 0.2) is 6.29 Å². The van der Waals surface area contributed by atoms with E-state index in [9.17, 15) is 4.79 Å². The Morgan fingerprint density at radius 2 is 2.05 bits per heavy atom. The second-order valence-electron chi connectivity index (χ2n) is 5.36. The summed E-state index contributed by atoms with van der Waals surface area (Å²) in [6, 6.07) is 7.73. The van der Waals surface area contributed by atoms with Crippen LogP contribution in [0.5, 0.6) is 0 Å². The van der Waals surface area contributed by atoms with Gasteiger partial charge in [0.1, 0.15) is 0 Å². The smallest absolute Gasteiger partial charge is 0.153 e. The van der Waals surface area contributed by atoms with Gasteiger partial charge < -0.3 is 0 Å². The summed E-state index contributed by atoms with van der Waals surface area (Å²) in [5.41, 5.74) is 2.71. The standard InChI is InChI=1S/C16H17ClN2O/c17-15-8-4-3-7-13(15)9-19-10-14(11-20)16(18-19)12-5-1-2-6-12/h3-4,7-8,10-12H,1-2,5-6,9H2. The number of carbonyl (C=O) groups is 1. The van der Waals surface area contributed by atoms with E-state index in [1.165, 1.54) is 12.8 Å². The molecule has 0 saturated heterocycles. The average molecular weight is 289 g/mol. The summed E-state index contributed by atoms with van der Waals surface area (Å²) >= 11 is 6.17.